The number of rotatable bonds is 7. The van der Waals surface area contributed by atoms with E-state index >= 15 is 0 Å². The first-order chi connectivity index (χ1) is 12.4. The summed E-state index contributed by atoms with van der Waals surface area (Å²) in [5.41, 5.74) is 7.19. The molecule has 0 aliphatic carbocycles. The molecule has 0 atom stereocenters. The molecule has 0 radical (unpaired) electrons. The Morgan fingerprint density at radius 3 is 2.27 bits per heavy atom. The molecule has 0 spiro atoms. The maximum atomic E-state index is 12.2. The van der Waals surface area contributed by atoms with Crippen LogP contribution in [0, 0.1) is 0 Å². The van der Waals surface area contributed by atoms with Gasteiger partial charge in [-0.1, -0.05) is 25.4 Å². The van der Waals surface area contributed by atoms with Crippen molar-refractivity contribution in [2.75, 3.05) is 56.5 Å². The Morgan fingerprint density at radius 2 is 1.73 bits per heavy atom. The molecule has 2 rings (SSSR count). The van der Waals surface area contributed by atoms with Crippen molar-refractivity contribution in [2.24, 2.45) is 10.7 Å². The van der Waals surface area contributed by atoms with Crippen molar-refractivity contribution in [2.45, 2.75) is 13.8 Å². The summed E-state index contributed by atoms with van der Waals surface area (Å²) in [6.45, 7) is 7.96. The van der Waals surface area contributed by atoms with E-state index in [1.807, 2.05) is 43.0 Å². The molecule has 9 heteroatoms. The van der Waals surface area contributed by atoms with Crippen LogP contribution in [-0.2, 0) is 10.0 Å². The number of halogens is 1. The van der Waals surface area contributed by atoms with Crippen molar-refractivity contribution in [1.29, 1.82) is 0 Å². The molecule has 0 amide bonds. The van der Waals surface area contributed by atoms with Gasteiger partial charge in [0, 0.05) is 50.0 Å². The third-order valence-electron chi connectivity index (χ3n) is 4.52. The number of nitrogens with two attached hydrogens (primary N) is 1. The Morgan fingerprint density at radius 1 is 1.15 bits per heavy atom. The van der Waals surface area contributed by atoms with E-state index in [0.717, 1.165) is 36.9 Å². The average Bonchev–Trinajstić information content (AvgIpc) is 2.63. The molecule has 1 aromatic carbocycles. The number of aliphatic imine (C=N–C) groups is 1. The second-order valence-electron chi connectivity index (χ2n) is 6.09. The van der Waals surface area contributed by atoms with Crippen LogP contribution in [0.25, 0.3) is 0 Å². The number of benzene rings is 1. The molecular formula is C17H28ClN5O2S. The van der Waals surface area contributed by atoms with Gasteiger partial charge >= 0.3 is 0 Å². The van der Waals surface area contributed by atoms with Gasteiger partial charge in [-0.15, -0.1) is 0 Å². The van der Waals surface area contributed by atoms with E-state index in [1.54, 1.807) is 0 Å². The molecule has 1 fully saturated rings. The molecule has 1 heterocycles. The van der Waals surface area contributed by atoms with Crippen molar-refractivity contribution in [3.05, 3.63) is 29.3 Å². The largest absolute Gasteiger partial charge is 0.370 e. The summed E-state index contributed by atoms with van der Waals surface area (Å²) in [6, 6.07) is 7.78. The number of piperazine rings is 1. The van der Waals surface area contributed by atoms with Gasteiger partial charge in [0.2, 0.25) is 10.0 Å². The van der Waals surface area contributed by atoms with Crippen LogP contribution in [0.5, 0.6) is 0 Å². The molecule has 7 nitrogen and oxygen atoms in total. The predicted molar refractivity (Wildman–Crippen MR) is 108 cm³/mol. The zero-order valence-electron chi connectivity index (χ0n) is 15.4. The van der Waals surface area contributed by atoms with E-state index in [0.29, 0.717) is 19.0 Å². The summed E-state index contributed by atoms with van der Waals surface area (Å²) in [6.07, 6.45) is 0. The lowest BCUT2D eigenvalue weighted by atomic mass is 10.2. The van der Waals surface area contributed by atoms with Gasteiger partial charge in [-0.05, 0) is 24.3 Å². The smallest absolute Gasteiger partial charge is 0.215 e. The first kappa shape index (κ1) is 20.8. The molecule has 1 aromatic rings. The maximum Gasteiger partial charge on any atom is 0.215 e. The van der Waals surface area contributed by atoms with Crippen LogP contribution < -0.4 is 10.6 Å². The maximum absolute atomic E-state index is 12.2. The number of hydrogen-bond acceptors (Lipinski definition) is 4. The first-order valence-electron chi connectivity index (χ1n) is 8.90. The third-order valence-corrected chi connectivity index (χ3v) is 6.77. The highest BCUT2D eigenvalue weighted by Gasteiger charge is 2.20. The van der Waals surface area contributed by atoms with Gasteiger partial charge in [0.25, 0.3) is 0 Å². The number of nitrogens with zero attached hydrogens (tertiary/aromatic N) is 4. The van der Waals surface area contributed by atoms with E-state index in [4.69, 9.17) is 17.3 Å². The van der Waals surface area contributed by atoms with Crippen molar-refractivity contribution >= 4 is 33.3 Å². The standard InChI is InChI=1S/C17H28ClN5O2S/c1-3-23(4-2)26(24,25)14-9-20-17(19)22-12-10-21(11-13-22)16-7-5-15(18)6-8-16/h5-8H,3-4,9-14H2,1-2H3,(H2,19,20). The molecule has 26 heavy (non-hydrogen) atoms. The molecule has 146 valence electrons. The molecule has 1 aliphatic heterocycles. The molecule has 0 unspecified atom stereocenters. The fraction of sp³-hybridized carbons (Fsp3) is 0.588. The normalized spacial score (nSPS) is 16.4. The zero-order chi connectivity index (χ0) is 19.2. The van der Waals surface area contributed by atoms with E-state index in [1.165, 1.54) is 4.31 Å². The van der Waals surface area contributed by atoms with Crippen LogP contribution in [0.3, 0.4) is 0 Å². The molecule has 2 N–H and O–H groups in total. The van der Waals surface area contributed by atoms with Crippen LogP contribution in [0.15, 0.2) is 29.3 Å². The van der Waals surface area contributed by atoms with E-state index in [-0.39, 0.29) is 12.3 Å². The fourth-order valence-electron chi connectivity index (χ4n) is 2.97. The van der Waals surface area contributed by atoms with Gasteiger partial charge < -0.3 is 15.5 Å². The third kappa shape index (κ3) is 5.49. The Kier molecular flexibility index (Phi) is 7.55. The molecule has 1 saturated heterocycles. The summed E-state index contributed by atoms with van der Waals surface area (Å²) in [5, 5.41) is 0.725. The Labute approximate surface area is 161 Å². The quantitative estimate of drug-likeness (QED) is 0.552. The second kappa shape index (κ2) is 9.43. The molecule has 0 aromatic heterocycles. The summed E-state index contributed by atoms with van der Waals surface area (Å²) in [7, 11) is -3.26. The molecule has 1 aliphatic rings. The lowest BCUT2D eigenvalue weighted by molar-refractivity contribution is 0.381. The number of guanidine groups is 1. The average molecular weight is 402 g/mol. The summed E-state index contributed by atoms with van der Waals surface area (Å²) in [4.78, 5) is 8.54. The monoisotopic (exact) mass is 401 g/mol. The highest BCUT2D eigenvalue weighted by molar-refractivity contribution is 7.89. The van der Waals surface area contributed by atoms with Crippen molar-refractivity contribution in [3.63, 3.8) is 0 Å². The minimum Gasteiger partial charge on any atom is -0.370 e. The minimum absolute atomic E-state index is 0.0138. The zero-order valence-corrected chi connectivity index (χ0v) is 17.0. The van der Waals surface area contributed by atoms with Crippen molar-refractivity contribution in [1.82, 2.24) is 9.21 Å². The summed E-state index contributed by atoms with van der Waals surface area (Å²) < 4.78 is 25.8. The highest BCUT2D eigenvalue weighted by Crippen LogP contribution is 2.19. The number of anilines is 1. The van der Waals surface area contributed by atoms with E-state index < -0.39 is 10.0 Å². The van der Waals surface area contributed by atoms with Gasteiger partial charge in [-0.25, -0.2) is 12.7 Å². The Balaban J connectivity index is 1.84. The number of hydrogen-bond donors (Lipinski definition) is 1. The van der Waals surface area contributed by atoms with Crippen molar-refractivity contribution in [3.8, 4) is 0 Å². The van der Waals surface area contributed by atoms with Gasteiger partial charge in [0.15, 0.2) is 5.96 Å². The molecular weight excluding hydrogens is 374 g/mol. The SMILES string of the molecule is CCN(CC)S(=O)(=O)CCN=C(N)N1CCN(c2ccc(Cl)cc2)CC1. The van der Waals surface area contributed by atoms with E-state index in [2.05, 4.69) is 9.89 Å². The van der Waals surface area contributed by atoms with Gasteiger partial charge in [0.1, 0.15) is 0 Å². The summed E-state index contributed by atoms with van der Waals surface area (Å²) >= 11 is 5.93. The van der Waals surface area contributed by atoms with Gasteiger partial charge in [-0.2, -0.15) is 0 Å². The fourth-order valence-corrected chi connectivity index (χ4v) is 4.46. The van der Waals surface area contributed by atoms with Crippen LogP contribution in [0.4, 0.5) is 5.69 Å². The van der Waals surface area contributed by atoms with Crippen LogP contribution in [0.1, 0.15) is 13.8 Å². The van der Waals surface area contributed by atoms with Gasteiger partial charge in [0.05, 0.1) is 12.3 Å². The topological polar surface area (TPSA) is 82.2 Å². The Bertz CT molecular complexity index is 696. The lowest BCUT2D eigenvalue weighted by Crippen LogP contribution is -2.51. The Hall–Kier alpha value is -1.51. The highest BCUT2D eigenvalue weighted by atomic mass is 35.5. The van der Waals surface area contributed by atoms with Crippen LogP contribution in [0.2, 0.25) is 5.02 Å². The molecule has 0 saturated carbocycles. The lowest BCUT2D eigenvalue weighted by Gasteiger charge is -2.36. The summed E-state index contributed by atoms with van der Waals surface area (Å²) in [5.74, 6) is 0.399. The first-order valence-corrected chi connectivity index (χ1v) is 10.9. The van der Waals surface area contributed by atoms with Crippen LogP contribution in [-0.4, -0.2) is 75.1 Å². The predicted octanol–water partition coefficient (Wildman–Crippen LogP) is 1.45. The van der Waals surface area contributed by atoms with E-state index in [9.17, 15) is 8.42 Å². The van der Waals surface area contributed by atoms with Gasteiger partial charge in [-0.3, -0.25) is 4.99 Å². The van der Waals surface area contributed by atoms with Crippen molar-refractivity contribution < 1.29 is 8.42 Å². The second-order valence-corrected chi connectivity index (χ2v) is 8.62. The minimum atomic E-state index is -3.26. The number of sulfonamides is 1. The van der Waals surface area contributed by atoms with Crippen LogP contribution >= 0.6 is 11.6 Å². The molecule has 0 bridgehead atoms.